The van der Waals surface area contributed by atoms with E-state index in [1.165, 1.54) is 32.1 Å². The number of nitrogens with one attached hydrogen (secondary N) is 1. The first-order valence-electron chi connectivity index (χ1n) is 8.71. The third-order valence-corrected chi connectivity index (χ3v) is 6.36. The number of carbonyl (C=O) groups is 1. The lowest BCUT2D eigenvalue weighted by atomic mass is 9.85. The quantitative estimate of drug-likeness (QED) is 0.860. The van der Waals surface area contributed by atoms with Crippen molar-refractivity contribution in [2.45, 2.75) is 57.5 Å². The van der Waals surface area contributed by atoms with Crippen molar-refractivity contribution in [1.29, 1.82) is 0 Å². The van der Waals surface area contributed by atoms with Gasteiger partial charge in [-0.1, -0.05) is 19.3 Å². The number of fused-ring (bicyclic) bond motifs is 1. The number of rotatable bonds is 3. The molecule has 2 aliphatic heterocycles. The molecule has 1 N–H and O–H groups in total. The van der Waals surface area contributed by atoms with E-state index in [0.29, 0.717) is 24.4 Å². The van der Waals surface area contributed by atoms with Crippen molar-refractivity contribution in [2.75, 3.05) is 33.2 Å². The van der Waals surface area contributed by atoms with Gasteiger partial charge in [0.25, 0.3) is 0 Å². The molecule has 4 heteroatoms. The first-order valence-corrected chi connectivity index (χ1v) is 8.71. The highest BCUT2D eigenvalue weighted by atomic mass is 16.2. The zero-order chi connectivity index (χ0) is 15.0. The minimum atomic E-state index is 0.150. The molecular formula is C17H31N3O. The number of hydrogen-bond donors (Lipinski definition) is 1. The maximum atomic E-state index is 12.7. The SMILES string of the molecule is CN(C(=O)CN1CC2CNCC2C1(C)C)C1CCCCC1. The molecule has 2 heterocycles. The van der Waals surface area contributed by atoms with Crippen LogP contribution in [0.15, 0.2) is 0 Å². The number of hydrogen-bond acceptors (Lipinski definition) is 3. The van der Waals surface area contributed by atoms with E-state index in [1.54, 1.807) is 0 Å². The first-order chi connectivity index (χ1) is 10.00. The van der Waals surface area contributed by atoms with Crippen LogP contribution in [0.4, 0.5) is 0 Å². The topological polar surface area (TPSA) is 35.6 Å². The number of nitrogens with zero attached hydrogens (tertiary/aromatic N) is 2. The number of likely N-dealkylation sites (N-methyl/N-ethyl adjacent to an activating group) is 1. The molecule has 1 aliphatic carbocycles. The smallest absolute Gasteiger partial charge is 0.236 e. The highest BCUT2D eigenvalue weighted by Gasteiger charge is 2.49. The molecule has 0 aromatic carbocycles. The van der Waals surface area contributed by atoms with Crippen LogP contribution in [0, 0.1) is 11.8 Å². The molecule has 2 saturated heterocycles. The Balaban J connectivity index is 1.59. The molecule has 1 amide bonds. The van der Waals surface area contributed by atoms with Crippen molar-refractivity contribution in [3.63, 3.8) is 0 Å². The zero-order valence-electron chi connectivity index (χ0n) is 13.9. The predicted molar refractivity (Wildman–Crippen MR) is 85.1 cm³/mol. The lowest BCUT2D eigenvalue weighted by molar-refractivity contribution is -0.134. The van der Waals surface area contributed by atoms with Gasteiger partial charge in [0.05, 0.1) is 6.54 Å². The van der Waals surface area contributed by atoms with Gasteiger partial charge in [-0.15, -0.1) is 0 Å². The average molecular weight is 293 g/mol. The van der Waals surface area contributed by atoms with Crippen LogP contribution in [0.5, 0.6) is 0 Å². The van der Waals surface area contributed by atoms with E-state index in [1.807, 2.05) is 11.9 Å². The van der Waals surface area contributed by atoms with Gasteiger partial charge >= 0.3 is 0 Å². The van der Waals surface area contributed by atoms with Crippen molar-refractivity contribution in [1.82, 2.24) is 15.1 Å². The standard InChI is InChI=1S/C17H31N3O/c1-17(2)15-10-18-9-13(15)11-20(17)12-16(21)19(3)14-7-5-4-6-8-14/h13-15,18H,4-12H2,1-3H3. The minimum absolute atomic E-state index is 0.150. The van der Waals surface area contributed by atoms with Gasteiger partial charge in [-0.3, -0.25) is 9.69 Å². The highest BCUT2D eigenvalue weighted by Crippen LogP contribution is 2.40. The van der Waals surface area contributed by atoms with Crippen molar-refractivity contribution in [3.8, 4) is 0 Å². The molecule has 4 nitrogen and oxygen atoms in total. The average Bonchev–Trinajstić information content (AvgIpc) is 3.03. The van der Waals surface area contributed by atoms with Gasteiger partial charge in [0.2, 0.25) is 5.91 Å². The van der Waals surface area contributed by atoms with Crippen LogP contribution in [0.3, 0.4) is 0 Å². The maximum Gasteiger partial charge on any atom is 0.236 e. The summed E-state index contributed by atoms with van der Waals surface area (Å²) in [7, 11) is 2.02. The molecule has 0 aromatic heterocycles. The van der Waals surface area contributed by atoms with Gasteiger partial charge in [-0.2, -0.15) is 0 Å². The van der Waals surface area contributed by atoms with E-state index in [-0.39, 0.29) is 5.54 Å². The molecule has 0 bridgehead atoms. The first kappa shape index (κ1) is 15.3. The van der Waals surface area contributed by atoms with Crippen LogP contribution in [-0.2, 0) is 4.79 Å². The van der Waals surface area contributed by atoms with Crippen molar-refractivity contribution in [3.05, 3.63) is 0 Å². The Kier molecular flexibility index (Phi) is 4.28. The van der Waals surface area contributed by atoms with Gasteiger partial charge in [0.15, 0.2) is 0 Å². The number of amides is 1. The molecule has 3 fully saturated rings. The van der Waals surface area contributed by atoms with Gasteiger partial charge in [0.1, 0.15) is 0 Å². The summed E-state index contributed by atoms with van der Waals surface area (Å²) in [5, 5.41) is 3.51. The second-order valence-electron chi connectivity index (χ2n) is 7.86. The summed E-state index contributed by atoms with van der Waals surface area (Å²) in [4.78, 5) is 17.2. The molecule has 0 spiro atoms. The predicted octanol–water partition coefficient (Wildman–Crippen LogP) is 1.71. The van der Waals surface area contributed by atoms with Crippen LogP contribution in [0.2, 0.25) is 0 Å². The summed E-state index contributed by atoms with van der Waals surface area (Å²) < 4.78 is 0. The Morgan fingerprint density at radius 2 is 1.95 bits per heavy atom. The fourth-order valence-corrected chi connectivity index (χ4v) is 4.72. The molecule has 0 radical (unpaired) electrons. The molecule has 1 saturated carbocycles. The molecule has 21 heavy (non-hydrogen) atoms. The van der Waals surface area contributed by atoms with E-state index < -0.39 is 0 Å². The Hall–Kier alpha value is -0.610. The lowest BCUT2D eigenvalue weighted by Gasteiger charge is -2.38. The van der Waals surface area contributed by atoms with Crippen LogP contribution in [0.25, 0.3) is 0 Å². The van der Waals surface area contributed by atoms with Gasteiger partial charge in [0, 0.05) is 31.7 Å². The second kappa shape index (κ2) is 5.88. The Labute approximate surface area is 129 Å². The second-order valence-corrected chi connectivity index (χ2v) is 7.86. The summed E-state index contributed by atoms with van der Waals surface area (Å²) in [5.74, 6) is 1.75. The van der Waals surface area contributed by atoms with E-state index in [2.05, 4.69) is 24.1 Å². The maximum absolute atomic E-state index is 12.7. The fourth-order valence-electron chi connectivity index (χ4n) is 4.72. The lowest BCUT2D eigenvalue weighted by Crippen LogP contribution is -2.50. The minimum Gasteiger partial charge on any atom is -0.342 e. The summed E-state index contributed by atoms with van der Waals surface area (Å²) in [6, 6.07) is 0.484. The summed E-state index contributed by atoms with van der Waals surface area (Å²) >= 11 is 0. The van der Waals surface area contributed by atoms with Crippen LogP contribution in [0.1, 0.15) is 46.0 Å². The molecule has 3 rings (SSSR count). The number of likely N-dealkylation sites (tertiary alicyclic amines) is 1. The Bertz CT molecular complexity index is 389. The Morgan fingerprint density at radius 1 is 1.24 bits per heavy atom. The van der Waals surface area contributed by atoms with E-state index in [9.17, 15) is 4.79 Å². The monoisotopic (exact) mass is 293 g/mol. The molecule has 120 valence electrons. The fraction of sp³-hybridized carbons (Fsp3) is 0.941. The van der Waals surface area contributed by atoms with Crippen molar-refractivity contribution >= 4 is 5.91 Å². The molecule has 2 unspecified atom stereocenters. The highest BCUT2D eigenvalue weighted by molar-refractivity contribution is 5.78. The van der Waals surface area contributed by atoms with E-state index >= 15 is 0 Å². The van der Waals surface area contributed by atoms with Gasteiger partial charge in [-0.25, -0.2) is 0 Å². The summed E-state index contributed by atoms with van der Waals surface area (Å²) in [5.41, 5.74) is 0.150. The summed E-state index contributed by atoms with van der Waals surface area (Å²) in [6.45, 7) is 8.55. The molecule has 3 aliphatic rings. The summed E-state index contributed by atoms with van der Waals surface area (Å²) in [6.07, 6.45) is 6.30. The van der Waals surface area contributed by atoms with Gasteiger partial charge < -0.3 is 10.2 Å². The normalized spacial score (nSPS) is 33.1. The Morgan fingerprint density at radius 3 is 2.62 bits per heavy atom. The number of carbonyl (C=O) groups excluding carboxylic acids is 1. The van der Waals surface area contributed by atoms with Crippen LogP contribution in [-0.4, -0.2) is 60.5 Å². The van der Waals surface area contributed by atoms with Gasteiger partial charge in [-0.05, 0) is 45.1 Å². The van der Waals surface area contributed by atoms with Crippen molar-refractivity contribution < 1.29 is 4.79 Å². The molecule has 0 aromatic rings. The van der Waals surface area contributed by atoms with Crippen LogP contribution >= 0.6 is 0 Å². The van der Waals surface area contributed by atoms with E-state index in [0.717, 1.165) is 25.6 Å². The third kappa shape index (κ3) is 2.85. The molecule has 2 atom stereocenters. The largest absolute Gasteiger partial charge is 0.342 e. The van der Waals surface area contributed by atoms with Crippen LogP contribution < -0.4 is 5.32 Å². The molecular weight excluding hydrogens is 262 g/mol. The van der Waals surface area contributed by atoms with E-state index in [4.69, 9.17) is 0 Å². The van der Waals surface area contributed by atoms with Crippen molar-refractivity contribution in [2.24, 2.45) is 11.8 Å². The third-order valence-electron chi connectivity index (χ3n) is 6.36. The zero-order valence-corrected chi connectivity index (χ0v) is 13.9.